The first-order chi connectivity index (χ1) is 13.1. The second kappa shape index (κ2) is 7.67. The standard InChI is InChI=1S/C20H22F4N2O2Si/c1-12(2)14-10-16(15(21)9-13(14)7-8-29(4,5)6)26-18(27)11-17(20(22,23)24)25(3)19(26)28/h9-12H,1-6H3. The molecule has 156 valence electrons. The van der Waals surface area contributed by atoms with E-state index in [1.54, 1.807) is 0 Å². The molecule has 0 aliphatic carbocycles. The van der Waals surface area contributed by atoms with Gasteiger partial charge in [0, 0.05) is 18.7 Å². The highest BCUT2D eigenvalue weighted by atomic mass is 28.3. The lowest BCUT2D eigenvalue weighted by Gasteiger charge is -2.16. The molecule has 0 aliphatic heterocycles. The Bertz CT molecular complexity index is 1130. The Morgan fingerprint density at radius 3 is 2.14 bits per heavy atom. The van der Waals surface area contributed by atoms with Crippen LogP contribution in [0.4, 0.5) is 17.6 Å². The molecule has 0 unspecified atom stereocenters. The molecular weight excluding hydrogens is 404 g/mol. The van der Waals surface area contributed by atoms with Crippen LogP contribution in [-0.4, -0.2) is 17.2 Å². The summed E-state index contributed by atoms with van der Waals surface area (Å²) in [6, 6.07) is 2.72. The van der Waals surface area contributed by atoms with Crippen molar-refractivity contribution in [3.05, 3.63) is 61.7 Å². The van der Waals surface area contributed by atoms with Crippen LogP contribution in [0, 0.1) is 17.3 Å². The third-order valence-corrected chi connectivity index (χ3v) is 5.04. The molecule has 0 fully saturated rings. The fourth-order valence-corrected chi connectivity index (χ4v) is 3.22. The summed E-state index contributed by atoms with van der Waals surface area (Å²) >= 11 is 0. The normalized spacial score (nSPS) is 12.1. The zero-order valence-electron chi connectivity index (χ0n) is 17.0. The van der Waals surface area contributed by atoms with Gasteiger partial charge in [0.15, 0.2) is 0 Å². The SMILES string of the molecule is CC(C)c1cc(-n2c(=O)cc(C(F)(F)F)n(C)c2=O)c(F)cc1C#C[Si](C)(C)C. The number of aromatic nitrogens is 2. The Balaban J connectivity index is 2.82. The first kappa shape index (κ1) is 22.7. The topological polar surface area (TPSA) is 44.0 Å². The van der Waals surface area contributed by atoms with E-state index in [4.69, 9.17) is 0 Å². The highest BCUT2D eigenvalue weighted by Crippen LogP contribution is 2.28. The average molecular weight is 426 g/mol. The Labute approximate surface area is 166 Å². The van der Waals surface area contributed by atoms with E-state index in [1.165, 1.54) is 6.07 Å². The highest BCUT2D eigenvalue weighted by Gasteiger charge is 2.35. The van der Waals surface area contributed by atoms with E-state index in [2.05, 4.69) is 11.5 Å². The molecule has 0 amide bonds. The Hall–Kier alpha value is -2.60. The Morgan fingerprint density at radius 1 is 1.07 bits per heavy atom. The van der Waals surface area contributed by atoms with Crippen molar-refractivity contribution in [3.63, 3.8) is 0 Å². The van der Waals surface area contributed by atoms with Crippen LogP contribution in [0.3, 0.4) is 0 Å². The predicted octanol–water partition coefficient (Wildman–Crippen LogP) is 4.05. The monoisotopic (exact) mass is 426 g/mol. The number of benzene rings is 1. The molecule has 4 nitrogen and oxygen atoms in total. The number of nitrogens with zero attached hydrogens (tertiary/aromatic N) is 2. The van der Waals surface area contributed by atoms with Crippen LogP contribution in [0.2, 0.25) is 19.6 Å². The predicted molar refractivity (Wildman–Crippen MR) is 107 cm³/mol. The number of rotatable bonds is 2. The molecule has 1 aromatic heterocycles. The van der Waals surface area contributed by atoms with Crippen LogP contribution in [0.1, 0.15) is 36.6 Å². The van der Waals surface area contributed by atoms with E-state index in [0.29, 0.717) is 15.7 Å². The van der Waals surface area contributed by atoms with Crippen LogP contribution >= 0.6 is 0 Å². The summed E-state index contributed by atoms with van der Waals surface area (Å²) in [5.41, 5.74) is -0.159. The van der Waals surface area contributed by atoms with Crippen molar-refractivity contribution in [2.24, 2.45) is 7.05 Å². The summed E-state index contributed by atoms with van der Waals surface area (Å²) in [5, 5.41) is 0. The molecular formula is C20H22F4N2O2Si. The van der Waals surface area contributed by atoms with Crippen molar-refractivity contribution in [2.75, 3.05) is 0 Å². The van der Waals surface area contributed by atoms with Gasteiger partial charge >= 0.3 is 11.9 Å². The van der Waals surface area contributed by atoms with Crippen LogP contribution in [0.5, 0.6) is 0 Å². The molecule has 1 aromatic carbocycles. The van der Waals surface area contributed by atoms with Crippen molar-refractivity contribution in [2.45, 2.75) is 45.6 Å². The molecule has 2 rings (SSSR count). The average Bonchev–Trinajstić information content (AvgIpc) is 2.55. The van der Waals surface area contributed by atoms with Crippen LogP contribution in [0.25, 0.3) is 5.69 Å². The van der Waals surface area contributed by atoms with Crippen molar-refractivity contribution in [1.29, 1.82) is 0 Å². The molecule has 1 heterocycles. The smallest absolute Gasteiger partial charge is 0.292 e. The second-order valence-corrected chi connectivity index (χ2v) is 12.8. The van der Waals surface area contributed by atoms with Gasteiger partial charge in [0.2, 0.25) is 0 Å². The van der Waals surface area contributed by atoms with Crippen LogP contribution in [-0.2, 0) is 13.2 Å². The summed E-state index contributed by atoms with van der Waals surface area (Å²) in [6.45, 7) is 9.77. The zero-order chi connectivity index (χ0) is 22.3. The molecule has 0 bridgehead atoms. The maximum Gasteiger partial charge on any atom is 0.431 e. The van der Waals surface area contributed by atoms with E-state index >= 15 is 0 Å². The second-order valence-electron chi connectivity index (χ2n) is 8.09. The molecule has 0 radical (unpaired) electrons. The van der Waals surface area contributed by atoms with Gasteiger partial charge < -0.3 is 0 Å². The van der Waals surface area contributed by atoms with Gasteiger partial charge in [-0.1, -0.05) is 39.4 Å². The van der Waals surface area contributed by atoms with Crippen molar-refractivity contribution >= 4 is 8.07 Å². The molecule has 0 saturated carbocycles. The first-order valence-corrected chi connectivity index (χ1v) is 12.4. The van der Waals surface area contributed by atoms with Crippen molar-refractivity contribution in [3.8, 4) is 17.2 Å². The Kier molecular flexibility index (Phi) is 6.00. The minimum absolute atomic E-state index is 0.116. The van der Waals surface area contributed by atoms with Crippen molar-refractivity contribution in [1.82, 2.24) is 9.13 Å². The number of hydrogen-bond donors (Lipinski definition) is 0. The summed E-state index contributed by atoms with van der Waals surface area (Å²) in [6.07, 6.45) is -4.88. The summed E-state index contributed by atoms with van der Waals surface area (Å²) in [4.78, 5) is 24.8. The fraction of sp³-hybridized carbons (Fsp3) is 0.400. The van der Waals surface area contributed by atoms with Gasteiger partial charge in [-0.25, -0.2) is 13.8 Å². The van der Waals surface area contributed by atoms with Gasteiger partial charge in [-0.15, -0.1) is 5.54 Å². The van der Waals surface area contributed by atoms with E-state index in [1.807, 2.05) is 33.5 Å². The highest BCUT2D eigenvalue weighted by molar-refractivity contribution is 6.83. The molecule has 9 heteroatoms. The van der Waals surface area contributed by atoms with E-state index in [-0.39, 0.29) is 16.6 Å². The lowest BCUT2D eigenvalue weighted by atomic mass is 9.96. The largest absolute Gasteiger partial charge is 0.431 e. The summed E-state index contributed by atoms with van der Waals surface area (Å²) < 4.78 is 54.6. The van der Waals surface area contributed by atoms with E-state index < -0.39 is 42.7 Å². The maximum atomic E-state index is 14.8. The zero-order valence-corrected chi connectivity index (χ0v) is 18.0. The molecule has 0 spiro atoms. The third-order valence-electron chi connectivity index (χ3n) is 4.16. The maximum absolute atomic E-state index is 14.8. The molecule has 0 saturated heterocycles. The fourth-order valence-electron chi connectivity index (χ4n) is 2.71. The molecule has 0 atom stereocenters. The van der Waals surface area contributed by atoms with Crippen LogP contribution < -0.4 is 11.2 Å². The summed E-state index contributed by atoms with van der Waals surface area (Å²) in [7, 11) is -0.856. The van der Waals surface area contributed by atoms with Crippen LogP contribution in [0.15, 0.2) is 27.8 Å². The minimum Gasteiger partial charge on any atom is -0.292 e. The third kappa shape index (κ3) is 4.88. The van der Waals surface area contributed by atoms with Gasteiger partial charge in [-0.2, -0.15) is 13.2 Å². The van der Waals surface area contributed by atoms with E-state index in [9.17, 15) is 27.2 Å². The molecule has 0 N–H and O–H groups in total. The lowest BCUT2D eigenvalue weighted by molar-refractivity contribution is -0.144. The van der Waals surface area contributed by atoms with Gasteiger partial charge in [0.1, 0.15) is 19.6 Å². The first-order valence-electron chi connectivity index (χ1n) is 8.90. The number of hydrogen-bond acceptors (Lipinski definition) is 2. The molecule has 29 heavy (non-hydrogen) atoms. The van der Waals surface area contributed by atoms with Gasteiger partial charge in [0.05, 0.1) is 5.69 Å². The van der Waals surface area contributed by atoms with Crippen molar-refractivity contribution < 1.29 is 17.6 Å². The summed E-state index contributed by atoms with van der Waals surface area (Å²) in [5.74, 6) is 1.95. The minimum atomic E-state index is -4.88. The lowest BCUT2D eigenvalue weighted by Crippen LogP contribution is -2.41. The number of alkyl halides is 3. The molecule has 0 aliphatic rings. The van der Waals surface area contributed by atoms with Gasteiger partial charge in [0.25, 0.3) is 5.56 Å². The van der Waals surface area contributed by atoms with E-state index in [0.717, 1.165) is 13.1 Å². The van der Waals surface area contributed by atoms with Gasteiger partial charge in [-0.05, 0) is 23.6 Å². The quantitative estimate of drug-likeness (QED) is 0.413. The molecule has 2 aromatic rings. The van der Waals surface area contributed by atoms with Gasteiger partial charge in [-0.3, -0.25) is 9.36 Å². The number of halogens is 4. The Morgan fingerprint density at radius 2 is 1.66 bits per heavy atom.